The van der Waals surface area contributed by atoms with Gasteiger partial charge in [-0.1, -0.05) is 42.5 Å². The molecule has 3 nitrogen and oxygen atoms in total. The summed E-state index contributed by atoms with van der Waals surface area (Å²) in [7, 11) is 0. The highest BCUT2D eigenvalue weighted by Gasteiger charge is 2.34. The van der Waals surface area contributed by atoms with E-state index in [0.717, 1.165) is 52.1 Å². The Bertz CT molecular complexity index is 756. The second-order valence-corrected chi connectivity index (χ2v) is 8.37. The number of carbonyl (C=O) groups excluding carboxylic acids is 1. The molecule has 28 heavy (non-hydrogen) atoms. The summed E-state index contributed by atoms with van der Waals surface area (Å²) in [6.07, 6.45) is 3.39. The van der Waals surface area contributed by atoms with E-state index in [0.29, 0.717) is 11.8 Å². The fourth-order valence-electron chi connectivity index (χ4n) is 4.82. The summed E-state index contributed by atoms with van der Waals surface area (Å²) in [4.78, 5) is 16.6. The molecule has 2 unspecified atom stereocenters. The molecule has 0 bridgehead atoms. The van der Waals surface area contributed by atoms with E-state index < -0.39 is 0 Å². The molecule has 0 aliphatic carbocycles. The highest BCUT2D eigenvalue weighted by atomic mass is 19.1. The number of nitrogens with zero attached hydrogens (tertiary/aromatic N) is 2. The standard InChI is InChI=1S/C24H29FN2O/c25-24-8-6-20(7-9-24)21-10-12-26(13-11-21)15-22-16-27(17-23(22)18-28)14-19-4-2-1-3-5-19/h1-9,18,21-23H,10-17H2. The van der Waals surface area contributed by atoms with Crippen LogP contribution < -0.4 is 0 Å². The molecular weight excluding hydrogens is 351 g/mol. The first kappa shape index (κ1) is 19.3. The molecule has 2 aromatic carbocycles. The second-order valence-electron chi connectivity index (χ2n) is 8.37. The Kier molecular flexibility index (Phi) is 6.18. The summed E-state index contributed by atoms with van der Waals surface area (Å²) in [6.45, 7) is 5.91. The van der Waals surface area contributed by atoms with Crippen LogP contribution in [0.15, 0.2) is 54.6 Å². The van der Waals surface area contributed by atoms with Crippen molar-refractivity contribution in [1.82, 2.24) is 9.80 Å². The molecule has 2 atom stereocenters. The van der Waals surface area contributed by atoms with Gasteiger partial charge in [0.15, 0.2) is 0 Å². The smallest absolute Gasteiger partial charge is 0.124 e. The largest absolute Gasteiger partial charge is 0.303 e. The SMILES string of the molecule is O=CC1CN(Cc2ccccc2)CC1CN1CCC(c2ccc(F)cc2)CC1. The number of benzene rings is 2. The van der Waals surface area contributed by atoms with Gasteiger partial charge in [0.25, 0.3) is 0 Å². The van der Waals surface area contributed by atoms with Crippen molar-refractivity contribution < 1.29 is 9.18 Å². The zero-order chi connectivity index (χ0) is 19.3. The molecule has 0 amide bonds. The van der Waals surface area contributed by atoms with Crippen molar-refractivity contribution in [2.24, 2.45) is 11.8 Å². The van der Waals surface area contributed by atoms with E-state index in [1.54, 1.807) is 12.1 Å². The van der Waals surface area contributed by atoms with Crippen LogP contribution >= 0.6 is 0 Å². The van der Waals surface area contributed by atoms with Crippen LogP contribution in [0.25, 0.3) is 0 Å². The van der Waals surface area contributed by atoms with Crippen molar-refractivity contribution in [3.05, 3.63) is 71.5 Å². The quantitative estimate of drug-likeness (QED) is 0.709. The van der Waals surface area contributed by atoms with Crippen molar-refractivity contribution in [3.8, 4) is 0 Å². The second kappa shape index (κ2) is 8.97. The minimum absolute atomic E-state index is 0.138. The van der Waals surface area contributed by atoms with E-state index in [-0.39, 0.29) is 11.7 Å². The van der Waals surface area contributed by atoms with Crippen molar-refractivity contribution in [2.75, 3.05) is 32.7 Å². The number of piperidine rings is 1. The lowest BCUT2D eigenvalue weighted by molar-refractivity contribution is -0.111. The van der Waals surface area contributed by atoms with E-state index in [9.17, 15) is 9.18 Å². The normalized spacial score (nSPS) is 24.5. The molecule has 148 valence electrons. The molecule has 4 rings (SSSR count). The first-order valence-corrected chi connectivity index (χ1v) is 10.4. The van der Waals surface area contributed by atoms with Gasteiger partial charge >= 0.3 is 0 Å². The molecule has 0 spiro atoms. The lowest BCUT2D eigenvalue weighted by Gasteiger charge is -2.34. The van der Waals surface area contributed by atoms with E-state index in [1.165, 1.54) is 17.4 Å². The van der Waals surface area contributed by atoms with Crippen LogP contribution in [0.4, 0.5) is 4.39 Å². The number of hydrogen-bond donors (Lipinski definition) is 0. The van der Waals surface area contributed by atoms with Gasteiger partial charge in [-0.05, 0) is 61.0 Å². The summed E-state index contributed by atoms with van der Waals surface area (Å²) >= 11 is 0. The van der Waals surface area contributed by atoms with E-state index in [1.807, 2.05) is 18.2 Å². The fraction of sp³-hybridized carbons (Fsp3) is 0.458. The van der Waals surface area contributed by atoms with Gasteiger partial charge in [0.05, 0.1) is 0 Å². The summed E-state index contributed by atoms with van der Waals surface area (Å²) in [5.74, 6) is 0.918. The molecule has 2 aliphatic heterocycles. The number of carbonyl (C=O) groups is 1. The molecule has 0 saturated carbocycles. The van der Waals surface area contributed by atoms with E-state index >= 15 is 0 Å². The highest BCUT2D eigenvalue weighted by molar-refractivity contribution is 5.55. The third kappa shape index (κ3) is 4.68. The van der Waals surface area contributed by atoms with Crippen molar-refractivity contribution >= 4 is 6.29 Å². The predicted molar refractivity (Wildman–Crippen MR) is 110 cm³/mol. The van der Waals surface area contributed by atoms with Crippen LogP contribution in [0.2, 0.25) is 0 Å². The number of hydrogen-bond acceptors (Lipinski definition) is 3. The molecule has 2 fully saturated rings. The summed E-state index contributed by atoms with van der Waals surface area (Å²) < 4.78 is 13.1. The van der Waals surface area contributed by atoms with E-state index in [4.69, 9.17) is 0 Å². The van der Waals surface area contributed by atoms with Gasteiger partial charge < -0.3 is 9.69 Å². The number of halogens is 1. The Hall–Kier alpha value is -2.04. The fourth-order valence-corrected chi connectivity index (χ4v) is 4.82. The predicted octanol–water partition coefficient (Wildman–Crippen LogP) is 3.95. The first-order chi connectivity index (χ1) is 13.7. The summed E-state index contributed by atoms with van der Waals surface area (Å²) in [5, 5.41) is 0. The monoisotopic (exact) mass is 380 g/mol. The average molecular weight is 381 g/mol. The van der Waals surface area contributed by atoms with Crippen molar-refractivity contribution in [1.29, 1.82) is 0 Å². The minimum Gasteiger partial charge on any atom is -0.303 e. The Morgan fingerprint density at radius 2 is 1.64 bits per heavy atom. The Balaban J connectivity index is 1.29. The summed E-state index contributed by atoms with van der Waals surface area (Å²) in [6, 6.07) is 17.5. The lowest BCUT2D eigenvalue weighted by Crippen LogP contribution is -2.38. The zero-order valence-corrected chi connectivity index (χ0v) is 16.3. The Morgan fingerprint density at radius 3 is 2.32 bits per heavy atom. The third-order valence-corrected chi connectivity index (χ3v) is 6.41. The van der Waals surface area contributed by atoms with Crippen LogP contribution in [0.3, 0.4) is 0 Å². The first-order valence-electron chi connectivity index (χ1n) is 10.4. The van der Waals surface area contributed by atoms with Gasteiger partial charge in [0, 0.05) is 32.1 Å². The molecule has 2 heterocycles. The Labute approximate surface area is 167 Å². The number of rotatable bonds is 6. The van der Waals surface area contributed by atoms with Crippen molar-refractivity contribution in [3.63, 3.8) is 0 Å². The van der Waals surface area contributed by atoms with E-state index in [2.05, 4.69) is 34.1 Å². The topological polar surface area (TPSA) is 23.6 Å². The molecule has 2 saturated heterocycles. The molecule has 2 aromatic rings. The van der Waals surface area contributed by atoms with Crippen LogP contribution in [0.5, 0.6) is 0 Å². The maximum atomic E-state index is 13.1. The minimum atomic E-state index is -0.164. The Morgan fingerprint density at radius 1 is 0.929 bits per heavy atom. The average Bonchev–Trinajstić information content (AvgIpc) is 3.11. The number of likely N-dealkylation sites (tertiary alicyclic amines) is 2. The van der Waals surface area contributed by atoms with Crippen LogP contribution in [0, 0.1) is 17.7 Å². The molecular formula is C24H29FN2O. The maximum Gasteiger partial charge on any atom is 0.124 e. The van der Waals surface area contributed by atoms with Gasteiger partial charge in [-0.15, -0.1) is 0 Å². The van der Waals surface area contributed by atoms with Gasteiger partial charge in [0.2, 0.25) is 0 Å². The lowest BCUT2D eigenvalue weighted by atomic mass is 9.88. The van der Waals surface area contributed by atoms with Crippen LogP contribution in [-0.4, -0.2) is 48.8 Å². The van der Waals surface area contributed by atoms with Crippen LogP contribution in [0.1, 0.15) is 29.9 Å². The molecule has 0 aromatic heterocycles. The van der Waals surface area contributed by atoms with Gasteiger partial charge in [-0.25, -0.2) is 4.39 Å². The van der Waals surface area contributed by atoms with Gasteiger partial charge in [0.1, 0.15) is 12.1 Å². The van der Waals surface area contributed by atoms with Crippen LogP contribution in [-0.2, 0) is 11.3 Å². The summed E-state index contributed by atoms with van der Waals surface area (Å²) in [5.41, 5.74) is 2.56. The van der Waals surface area contributed by atoms with Gasteiger partial charge in [-0.3, -0.25) is 4.90 Å². The zero-order valence-electron chi connectivity index (χ0n) is 16.3. The molecule has 4 heteroatoms. The molecule has 0 N–H and O–H groups in total. The third-order valence-electron chi connectivity index (χ3n) is 6.41. The van der Waals surface area contributed by atoms with Crippen molar-refractivity contribution in [2.45, 2.75) is 25.3 Å². The maximum absolute atomic E-state index is 13.1. The number of aldehydes is 1. The molecule has 2 aliphatic rings. The molecule has 0 radical (unpaired) electrons. The highest BCUT2D eigenvalue weighted by Crippen LogP contribution is 2.30. The van der Waals surface area contributed by atoms with Gasteiger partial charge in [-0.2, -0.15) is 0 Å².